The van der Waals surface area contributed by atoms with Gasteiger partial charge in [0, 0.05) is 0 Å². The van der Waals surface area contributed by atoms with Gasteiger partial charge in [0.2, 0.25) is 0 Å². The zero-order valence-electron chi connectivity index (χ0n) is 14.5. The number of unbranched alkanes of at least 4 members (excludes halogenated alkanes) is 1. The van der Waals surface area contributed by atoms with Crippen molar-refractivity contribution in [2.75, 3.05) is 6.61 Å². The number of hydrogen-bond donors (Lipinski definition) is 2. The first kappa shape index (κ1) is 19.4. The minimum Gasteiger partial charge on any atom is -0.494 e. The summed E-state index contributed by atoms with van der Waals surface area (Å²) in [4.78, 5) is 12.2. The highest BCUT2D eigenvalue weighted by Gasteiger charge is 2.08. The molecule has 0 aliphatic rings. The fourth-order valence-electron chi connectivity index (χ4n) is 1.98. The fraction of sp³-hybridized carbons (Fsp3) is 0.211. The molecule has 0 aromatic heterocycles. The summed E-state index contributed by atoms with van der Waals surface area (Å²) in [6, 6.07) is 13.8. The van der Waals surface area contributed by atoms with Crippen molar-refractivity contribution >= 4 is 29.5 Å². The van der Waals surface area contributed by atoms with Crippen LogP contribution in [0.5, 0.6) is 11.5 Å². The van der Waals surface area contributed by atoms with Crippen LogP contribution in [-0.2, 0) is 0 Å². The van der Waals surface area contributed by atoms with Gasteiger partial charge < -0.3 is 15.2 Å². The van der Waals surface area contributed by atoms with Gasteiger partial charge in [0.15, 0.2) is 5.11 Å². The van der Waals surface area contributed by atoms with Crippen LogP contribution in [0, 0.1) is 0 Å². The zero-order chi connectivity index (χ0) is 18.8. The van der Waals surface area contributed by atoms with Crippen LogP contribution in [0.2, 0.25) is 0 Å². The number of carbonyl (C=O) groups excluding carboxylic acids is 1. The fourth-order valence-corrected chi connectivity index (χ4v) is 2.03. The number of esters is 1. The quantitative estimate of drug-likeness (QED) is 0.185. The van der Waals surface area contributed by atoms with Gasteiger partial charge in [0.05, 0.1) is 18.4 Å². The number of benzene rings is 2. The topological polar surface area (TPSA) is 85.9 Å². The third kappa shape index (κ3) is 6.52. The Morgan fingerprint density at radius 1 is 1.15 bits per heavy atom. The summed E-state index contributed by atoms with van der Waals surface area (Å²) in [6.07, 6.45) is 3.63. The summed E-state index contributed by atoms with van der Waals surface area (Å²) >= 11 is 4.65. The second kappa shape index (κ2) is 10.1. The molecule has 0 saturated carbocycles. The van der Waals surface area contributed by atoms with Gasteiger partial charge in [0.25, 0.3) is 0 Å². The van der Waals surface area contributed by atoms with E-state index in [4.69, 9.17) is 15.2 Å². The lowest BCUT2D eigenvalue weighted by Crippen LogP contribution is -2.23. The van der Waals surface area contributed by atoms with Crippen LogP contribution < -0.4 is 20.6 Å². The maximum Gasteiger partial charge on any atom is 0.343 e. The molecule has 6 nitrogen and oxygen atoms in total. The Labute approximate surface area is 158 Å². The number of ether oxygens (including phenoxy) is 2. The molecule has 7 heteroatoms. The number of hydrazone groups is 1. The third-order valence-corrected chi connectivity index (χ3v) is 3.43. The van der Waals surface area contributed by atoms with Crippen LogP contribution in [0.4, 0.5) is 0 Å². The maximum absolute atomic E-state index is 12.2. The smallest absolute Gasteiger partial charge is 0.343 e. The van der Waals surface area contributed by atoms with Crippen molar-refractivity contribution in [3.05, 3.63) is 59.7 Å². The lowest BCUT2D eigenvalue weighted by molar-refractivity contribution is 0.0734. The number of carbonyl (C=O) groups is 1. The molecule has 0 bridgehead atoms. The van der Waals surface area contributed by atoms with Crippen LogP contribution >= 0.6 is 12.2 Å². The predicted molar refractivity (Wildman–Crippen MR) is 106 cm³/mol. The number of nitrogens with two attached hydrogens (primary N) is 1. The van der Waals surface area contributed by atoms with E-state index in [1.165, 1.54) is 0 Å². The van der Waals surface area contributed by atoms with Gasteiger partial charge in [-0.25, -0.2) is 4.79 Å². The monoisotopic (exact) mass is 371 g/mol. The van der Waals surface area contributed by atoms with E-state index in [1.54, 1.807) is 54.7 Å². The minimum absolute atomic E-state index is 0.0913. The summed E-state index contributed by atoms with van der Waals surface area (Å²) < 4.78 is 10.9. The number of thiocarbonyl (C=S) groups is 1. The van der Waals surface area contributed by atoms with Crippen molar-refractivity contribution in [2.45, 2.75) is 19.8 Å². The van der Waals surface area contributed by atoms with E-state index in [2.05, 4.69) is 29.7 Å². The molecule has 3 N–H and O–H groups in total. The predicted octanol–water partition coefficient (Wildman–Crippen LogP) is 3.25. The molecule has 0 aliphatic carbocycles. The summed E-state index contributed by atoms with van der Waals surface area (Å²) in [5.41, 5.74) is 9.00. The highest BCUT2D eigenvalue weighted by Crippen LogP contribution is 2.16. The molecule has 0 saturated heterocycles. The first-order valence-electron chi connectivity index (χ1n) is 8.22. The van der Waals surface area contributed by atoms with Crippen molar-refractivity contribution in [2.24, 2.45) is 10.8 Å². The Morgan fingerprint density at radius 2 is 1.81 bits per heavy atom. The van der Waals surface area contributed by atoms with Gasteiger partial charge in [0.1, 0.15) is 11.5 Å². The van der Waals surface area contributed by atoms with Crippen LogP contribution in [0.15, 0.2) is 53.6 Å². The Hall–Kier alpha value is -2.93. The summed E-state index contributed by atoms with van der Waals surface area (Å²) in [6.45, 7) is 2.77. The molecule has 0 radical (unpaired) electrons. The van der Waals surface area contributed by atoms with Crippen LogP contribution in [0.1, 0.15) is 35.7 Å². The van der Waals surface area contributed by atoms with E-state index < -0.39 is 5.97 Å². The molecular formula is C19H21N3O3S. The molecule has 0 aliphatic heterocycles. The minimum atomic E-state index is -0.429. The van der Waals surface area contributed by atoms with E-state index in [9.17, 15) is 4.79 Å². The largest absolute Gasteiger partial charge is 0.494 e. The molecular weight excluding hydrogens is 350 g/mol. The molecule has 0 amide bonds. The standard InChI is InChI=1S/C19H21N3O3S/c1-2-3-12-24-16-10-6-15(7-11-16)18(23)25-17-8-4-14(5-9-17)13-21-22-19(20)26/h4-11,13H,2-3,12H2,1H3,(H3,20,22,26). The van der Waals surface area contributed by atoms with Gasteiger partial charge in [-0.2, -0.15) is 5.10 Å². The van der Waals surface area contributed by atoms with Gasteiger partial charge in [-0.1, -0.05) is 13.3 Å². The maximum atomic E-state index is 12.2. The first-order chi connectivity index (χ1) is 12.6. The van der Waals surface area contributed by atoms with Gasteiger partial charge in [-0.3, -0.25) is 5.43 Å². The average Bonchev–Trinajstić information content (AvgIpc) is 2.63. The van der Waals surface area contributed by atoms with Crippen LogP contribution in [0.25, 0.3) is 0 Å². The van der Waals surface area contributed by atoms with Gasteiger partial charge in [-0.15, -0.1) is 0 Å². The average molecular weight is 371 g/mol. The van der Waals surface area contributed by atoms with Crippen molar-refractivity contribution in [1.29, 1.82) is 0 Å². The van der Waals surface area contributed by atoms with Crippen LogP contribution in [0.3, 0.4) is 0 Å². The highest BCUT2D eigenvalue weighted by atomic mass is 32.1. The number of nitrogens with zero attached hydrogens (tertiary/aromatic N) is 1. The summed E-state index contributed by atoms with van der Waals surface area (Å²) in [5.74, 6) is 0.753. The molecule has 2 aromatic rings. The van der Waals surface area contributed by atoms with Crippen LogP contribution in [-0.4, -0.2) is 23.9 Å². The molecule has 0 unspecified atom stereocenters. The molecule has 26 heavy (non-hydrogen) atoms. The Morgan fingerprint density at radius 3 is 2.42 bits per heavy atom. The molecule has 2 rings (SSSR count). The lowest BCUT2D eigenvalue weighted by atomic mass is 10.2. The van der Waals surface area contributed by atoms with Gasteiger partial charge >= 0.3 is 5.97 Å². The summed E-state index contributed by atoms with van der Waals surface area (Å²) in [7, 11) is 0. The SMILES string of the molecule is CCCCOc1ccc(C(=O)Oc2ccc(C=NNC(N)=S)cc2)cc1. The van der Waals surface area contributed by atoms with E-state index in [0.29, 0.717) is 17.9 Å². The molecule has 0 heterocycles. The van der Waals surface area contributed by atoms with Crippen molar-refractivity contribution < 1.29 is 14.3 Å². The third-order valence-electron chi connectivity index (χ3n) is 3.34. The number of hydrogen-bond acceptors (Lipinski definition) is 5. The molecule has 2 aromatic carbocycles. The lowest BCUT2D eigenvalue weighted by Gasteiger charge is -2.07. The van der Waals surface area contributed by atoms with Crippen molar-refractivity contribution in [3.8, 4) is 11.5 Å². The Kier molecular flexibility index (Phi) is 7.57. The van der Waals surface area contributed by atoms with Crippen molar-refractivity contribution in [3.63, 3.8) is 0 Å². The highest BCUT2D eigenvalue weighted by molar-refractivity contribution is 7.80. The normalized spacial score (nSPS) is 10.5. The summed E-state index contributed by atoms with van der Waals surface area (Å²) in [5, 5.41) is 3.94. The second-order valence-electron chi connectivity index (χ2n) is 5.42. The molecule has 0 fully saturated rings. The second-order valence-corrected chi connectivity index (χ2v) is 5.86. The van der Waals surface area contributed by atoms with Crippen molar-refractivity contribution in [1.82, 2.24) is 5.43 Å². The van der Waals surface area contributed by atoms with Gasteiger partial charge in [-0.05, 0) is 72.7 Å². The Balaban J connectivity index is 1.90. The number of rotatable bonds is 8. The van der Waals surface area contributed by atoms with E-state index >= 15 is 0 Å². The Bertz CT molecular complexity index is 759. The molecule has 0 atom stereocenters. The first-order valence-corrected chi connectivity index (χ1v) is 8.63. The zero-order valence-corrected chi connectivity index (χ0v) is 15.3. The number of nitrogens with one attached hydrogen (secondary N) is 1. The van der Waals surface area contributed by atoms with E-state index in [1.807, 2.05) is 0 Å². The molecule has 136 valence electrons. The molecule has 0 spiro atoms. The van der Waals surface area contributed by atoms with E-state index in [-0.39, 0.29) is 5.11 Å². The van der Waals surface area contributed by atoms with E-state index in [0.717, 1.165) is 24.2 Å².